The number of piperidine rings is 1. The first-order valence-electron chi connectivity index (χ1n) is 11.6. The molecule has 7 nitrogen and oxygen atoms in total. The van der Waals surface area contributed by atoms with Crippen molar-refractivity contribution in [2.24, 2.45) is 0 Å². The molecule has 0 atom stereocenters. The summed E-state index contributed by atoms with van der Waals surface area (Å²) < 4.78 is 20.9. The van der Waals surface area contributed by atoms with E-state index in [1.165, 1.54) is 24.8 Å². The highest BCUT2D eigenvalue weighted by Crippen LogP contribution is 2.31. The number of aromatic nitrogens is 2. The van der Waals surface area contributed by atoms with Crippen LogP contribution in [0.1, 0.15) is 65.1 Å². The third-order valence-corrected chi connectivity index (χ3v) is 6.90. The molecular weight excluding hydrogens is 515 g/mol. The number of anilines is 1. The molecule has 0 saturated carbocycles. The number of likely N-dealkylation sites (tertiary alicyclic amines) is 1. The van der Waals surface area contributed by atoms with Crippen molar-refractivity contribution >= 4 is 33.4 Å². The van der Waals surface area contributed by atoms with Crippen molar-refractivity contribution in [1.29, 1.82) is 0 Å². The second-order valence-corrected chi connectivity index (χ2v) is 9.72. The van der Waals surface area contributed by atoms with Crippen LogP contribution in [0.5, 0.6) is 5.75 Å². The zero-order chi connectivity index (χ0) is 25.1. The van der Waals surface area contributed by atoms with Gasteiger partial charge in [0.05, 0.1) is 17.1 Å². The van der Waals surface area contributed by atoms with Gasteiger partial charge in [-0.15, -0.1) is 0 Å². The largest absolute Gasteiger partial charge is 0.496 e. The number of benzene rings is 2. The van der Waals surface area contributed by atoms with Crippen molar-refractivity contribution in [3.63, 3.8) is 0 Å². The summed E-state index contributed by atoms with van der Waals surface area (Å²) >= 11 is 3.11. The molecule has 0 aliphatic carbocycles. The molecule has 2 heterocycles. The molecule has 0 radical (unpaired) electrons. The summed E-state index contributed by atoms with van der Waals surface area (Å²) in [6.45, 7) is 5.39. The van der Waals surface area contributed by atoms with Crippen molar-refractivity contribution in [3.05, 3.63) is 75.8 Å². The molecule has 0 spiro atoms. The normalized spacial score (nSPS) is 14.3. The first-order valence-corrected chi connectivity index (χ1v) is 12.3. The van der Waals surface area contributed by atoms with Gasteiger partial charge in [-0.3, -0.25) is 14.3 Å². The Hall–Kier alpha value is -3.20. The molecule has 4 rings (SSSR count). The molecular formula is C26H28BrFN4O3. The van der Waals surface area contributed by atoms with Crippen molar-refractivity contribution in [3.8, 4) is 5.75 Å². The summed E-state index contributed by atoms with van der Waals surface area (Å²) in [5, 5.41) is 7.11. The van der Waals surface area contributed by atoms with E-state index in [2.05, 4.69) is 26.3 Å². The fraction of sp³-hybridized carbons (Fsp3) is 0.346. The number of hydrogen-bond donors (Lipinski definition) is 1. The van der Waals surface area contributed by atoms with E-state index in [1.54, 1.807) is 16.9 Å². The topological polar surface area (TPSA) is 76.5 Å². The fourth-order valence-electron chi connectivity index (χ4n) is 4.38. The van der Waals surface area contributed by atoms with Crippen molar-refractivity contribution in [1.82, 2.24) is 14.7 Å². The number of ether oxygens (including phenoxy) is 1. The lowest BCUT2D eigenvalue weighted by Crippen LogP contribution is -2.39. The number of methoxy groups -OCH3 is 1. The predicted octanol–water partition coefficient (Wildman–Crippen LogP) is 5.65. The Morgan fingerprint density at radius 1 is 1.14 bits per heavy atom. The molecule has 1 N–H and O–H groups in total. The van der Waals surface area contributed by atoms with E-state index in [1.807, 2.05) is 43.0 Å². The van der Waals surface area contributed by atoms with Crippen LogP contribution in [0, 0.1) is 5.82 Å². The minimum atomic E-state index is -0.499. The molecule has 9 heteroatoms. The second kappa shape index (κ2) is 10.6. The highest BCUT2D eigenvalue weighted by Gasteiger charge is 2.27. The molecule has 1 aliphatic rings. The third kappa shape index (κ3) is 5.40. The minimum Gasteiger partial charge on any atom is -0.496 e. The summed E-state index contributed by atoms with van der Waals surface area (Å²) in [5.41, 5.74) is 2.67. The van der Waals surface area contributed by atoms with E-state index in [4.69, 9.17) is 4.74 Å². The molecule has 0 bridgehead atoms. The Labute approximate surface area is 212 Å². The third-order valence-electron chi connectivity index (χ3n) is 6.29. The number of hydrogen-bond acceptors (Lipinski definition) is 4. The number of rotatable bonds is 6. The van der Waals surface area contributed by atoms with E-state index < -0.39 is 5.82 Å². The summed E-state index contributed by atoms with van der Waals surface area (Å²) in [6, 6.07) is 12.2. The monoisotopic (exact) mass is 542 g/mol. The van der Waals surface area contributed by atoms with E-state index in [-0.39, 0.29) is 33.6 Å². The van der Waals surface area contributed by atoms with Crippen LogP contribution in [-0.4, -0.2) is 46.7 Å². The summed E-state index contributed by atoms with van der Waals surface area (Å²) in [7, 11) is 1.39. The van der Waals surface area contributed by atoms with Gasteiger partial charge in [0.15, 0.2) is 0 Å². The Kier molecular flexibility index (Phi) is 7.54. The van der Waals surface area contributed by atoms with Gasteiger partial charge in [-0.1, -0.05) is 12.1 Å². The van der Waals surface area contributed by atoms with Gasteiger partial charge in [-0.25, -0.2) is 4.39 Å². The van der Waals surface area contributed by atoms with Crippen molar-refractivity contribution < 1.29 is 18.7 Å². The molecule has 35 heavy (non-hydrogen) atoms. The average molecular weight is 543 g/mol. The Bertz CT molecular complexity index is 1220. The van der Waals surface area contributed by atoms with Crippen molar-refractivity contribution in [2.45, 2.75) is 38.6 Å². The molecule has 1 fully saturated rings. The first-order chi connectivity index (χ1) is 16.8. The smallest absolute Gasteiger partial charge is 0.272 e. The van der Waals surface area contributed by atoms with Gasteiger partial charge in [0, 0.05) is 37.1 Å². The number of nitrogens with zero attached hydrogens (tertiary/aromatic N) is 3. The lowest BCUT2D eigenvalue weighted by Gasteiger charge is -2.32. The van der Waals surface area contributed by atoms with Crippen LogP contribution < -0.4 is 10.1 Å². The van der Waals surface area contributed by atoms with Crippen LogP contribution in [0.2, 0.25) is 0 Å². The van der Waals surface area contributed by atoms with Crippen LogP contribution in [0.15, 0.2) is 53.1 Å². The van der Waals surface area contributed by atoms with Gasteiger partial charge in [0.1, 0.15) is 17.3 Å². The lowest BCUT2D eigenvalue weighted by molar-refractivity contribution is 0.0698. The van der Waals surface area contributed by atoms with E-state index in [0.29, 0.717) is 30.4 Å². The van der Waals surface area contributed by atoms with Crippen molar-refractivity contribution in [2.75, 3.05) is 25.5 Å². The lowest BCUT2D eigenvalue weighted by atomic mass is 9.89. The number of carbonyl (C=O) groups is 2. The quantitative estimate of drug-likeness (QED) is 0.436. The van der Waals surface area contributed by atoms with Crippen LogP contribution >= 0.6 is 15.9 Å². The second-order valence-electron chi connectivity index (χ2n) is 8.86. The van der Waals surface area contributed by atoms with Gasteiger partial charge >= 0.3 is 0 Å². The Morgan fingerprint density at radius 3 is 2.46 bits per heavy atom. The zero-order valence-corrected chi connectivity index (χ0v) is 21.5. The van der Waals surface area contributed by atoms with Crippen LogP contribution in [0.4, 0.5) is 10.1 Å². The standard InChI is InChI=1S/C26H28BrFN4O3/c1-16(2)32-23(8-11-29-32)26(34)31-12-9-18(10-13-31)17-4-6-19(7-5-17)30-25(33)20-14-21(27)22(28)15-24(20)35-3/h4-8,11,14-16,18H,9-10,12-13H2,1-3H3,(H,30,33). The van der Waals surface area contributed by atoms with Gasteiger partial charge < -0.3 is 15.0 Å². The van der Waals surface area contributed by atoms with Gasteiger partial charge in [0.2, 0.25) is 0 Å². The molecule has 2 aromatic carbocycles. The van der Waals surface area contributed by atoms with Crippen LogP contribution in [-0.2, 0) is 0 Å². The highest BCUT2D eigenvalue weighted by molar-refractivity contribution is 9.10. The maximum atomic E-state index is 13.8. The Balaban J connectivity index is 1.37. The summed E-state index contributed by atoms with van der Waals surface area (Å²) in [6.07, 6.45) is 3.41. The van der Waals surface area contributed by atoms with E-state index in [0.717, 1.165) is 12.8 Å². The first kappa shape index (κ1) is 24.9. The number of halogens is 2. The van der Waals surface area contributed by atoms with Crippen LogP contribution in [0.25, 0.3) is 0 Å². The minimum absolute atomic E-state index is 0.0237. The van der Waals surface area contributed by atoms with E-state index >= 15 is 0 Å². The summed E-state index contributed by atoms with van der Waals surface area (Å²) in [4.78, 5) is 27.6. The summed E-state index contributed by atoms with van der Waals surface area (Å²) in [5.74, 6) is -0.357. The van der Waals surface area contributed by atoms with Gasteiger partial charge in [0.25, 0.3) is 11.8 Å². The predicted molar refractivity (Wildman–Crippen MR) is 136 cm³/mol. The van der Waals surface area contributed by atoms with Gasteiger partial charge in [-0.05, 0) is 78.4 Å². The average Bonchev–Trinajstić information content (AvgIpc) is 3.36. The Morgan fingerprint density at radius 2 is 1.83 bits per heavy atom. The maximum Gasteiger partial charge on any atom is 0.272 e. The molecule has 1 saturated heterocycles. The van der Waals surface area contributed by atoms with E-state index in [9.17, 15) is 14.0 Å². The maximum absolute atomic E-state index is 13.8. The molecule has 3 aromatic rings. The number of amides is 2. The fourth-order valence-corrected chi connectivity index (χ4v) is 4.73. The zero-order valence-electron chi connectivity index (χ0n) is 19.9. The SMILES string of the molecule is COc1cc(F)c(Br)cc1C(=O)Nc1ccc(C2CCN(C(=O)c3ccnn3C(C)C)CC2)cc1. The molecule has 2 amide bonds. The molecule has 1 aromatic heterocycles. The number of carbonyl (C=O) groups excluding carboxylic acids is 2. The molecule has 0 unspecified atom stereocenters. The molecule has 1 aliphatic heterocycles. The van der Waals surface area contributed by atoms with Gasteiger partial charge in [-0.2, -0.15) is 5.10 Å². The van der Waals surface area contributed by atoms with Crippen LogP contribution in [0.3, 0.4) is 0 Å². The number of nitrogens with one attached hydrogen (secondary N) is 1. The highest BCUT2D eigenvalue weighted by atomic mass is 79.9. The molecule has 184 valence electrons.